The highest BCUT2D eigenvalue weighted by atomic mass is 35.5. The second-order valence-electron chi connectivity index (χ2n) is 3.33. The molecule has 74 valence electrons. The molecule has 0 N–H and O–H groups in total. The Bertz CT molecular complexity index is 331. The van der Waals surface area contributed by atoms with E-state index in [-0.39, 0.29) is 5.92 Å². The SMILES string of the molecule is CC(C)C(Cl)(C#N)Sc1ccccc1. The van der Waals surface area contributed by atoms with Crippen molar-refractivity contribution in [2.24, 2.45) is 5.92 Å². The predicted molar refractivity (Wildman–Crippen MR) is 61.3 cm³/mol. The van der Waals surface area contributed by atoms with Crippen molar-refractivity contribution in [3.63, 3.8) is 0 Å². The van der Waals surface area contributed by atoms with E-state index in [0.717, 1.165) is 4.90 Å². The van der Waals surface area contributed by atoms with E-state index in [9.17, 15) is 0 Å². The van der Waals surface area contributed by atoms with Crippen LogP contribution in [0.5, 0.6) is 0 Å². The van der Waals surface area contributed by atoms with Crippen LogP contribution in [0.4, 0.5) is 0 Å². The Hall–Kier alpha value is -0.650. The number of alkyl halides is 1. The van der Waals surface area contributed by atoms with E-state index in [4.69, 9.17) is 16.9 Å². The van der Waals surface area contributed by atoms with E-state index in [1.165, 1.54) is 11.8 Å². The van der Waals surface area contributed by atoms with E-state index in [1.54, 1.807) is 0 Å². The van der Waals surface area contributed by atoms with Crippen molar-refractivity contribution < 1.29 is 0 Å². The molecule has 1 aromatic rings. The molecule has 1 aromatic carbocycles. The lowest BCUT2D eigenvalue weighted by atomic mass is 10.1. The predicted octanol–water partition coefficient (Wildman–Crippen LogP) is 3.89. The van der Waals surface area contributed by atoms with Gasteiger partial charge in [-0.05, 0) is 18.1 Å². The summed E-state index contributed by atoms with van der Waals surface area (Å²) >= 11 is 7.60. The molecule has 1 atom stereocenters. The topological polar surface area (TPSA) is 23.8 Å². The van der Waals surface area contributed by atoms with Crippen LogP contribution in [0.25, 0.3) is 0 Å². The minimum absolute atomic E-state index is 0.111. The second kappa shape index (κ2) is 4.72. The molecule has 0 aliphatic heterocycles. The van der Waals surface area contributed by atoms with Crippen LogP contribution in [0.15, 0.2) is 35.2 Å². The van der Waals surface area contributed by atoms with Crippen LogP contribution in [-0.4, -0.2) is 4.21 Å². The number of hydrogen-bond donors (Lipinski definition) is 0. The van der Waals surface area contributed by atoms with Gasteiger partial charge in [-0.15, -0.1) is 0 Å². The zero-order valence-corrected chi connectivity index (χ0v) is 9.77. The molecule has 0 heterocycles. The normalized spacial score (nSPS) is 14.8. The maximum atomic E-state index is 9.01. The summed E-state index contributed by atoms with van der Waals surface area (Å²) < 4.78 is -0.860. The molecular formula is C11H12ClNS. The zero-order chi connectivity index (χ0) is 10.6. The molecule has 0 saturated heterocycles. The number of thioether (sulfide) groups is 1. The lowest BCUT2D eigenvalue weighted by Gasteiger charge is -2.22. The zero-order valence-electron chi connectivity index (χ0n) is 8.20. The fourth-order valence-corrected chi connectivity index (χ4v) is 2.11. The molecule has 0 radical (unpaired) electrons. The van der Waals surface area contributed by atoms with Gasteiger partial charge in [0.05, 0.1) is 6.07 Å². The molecule has 0 saturated carbocycles. The smallest absolute Gasteiger partial charge is 0.182 e. The van der Waals surface area contributed by atoms with E-state index < -0.39 is 4.21 Å². The number of benzene rings is 1. The molecule has 1 unspecified atom stereocenters. The molecule has 1 rings (SSSR count). The van der Waals surface area contributed by atoms with Crippen LogP contribution >= 0.6 is 23.4 Å². The summed E-state index contributed by atoms with van der Waals surface area (Å²) in [6.45, 7) is 3.90. The molecule has 1 nitrogen and oxygen atoms in total. The number of nitrogens with zero attached hydrogens (tertiary/aromatic N) is 1. The Morgan fingerprint density at radius 1 is 1.36 bits per heavy atom. The third kappa shape index (κ3) is 2.67. The van der Waals surface area contributed by atoms with E-state index in [0.29, 0.717) is 0 Å². The summed E-state index contributed by atoms with van der Waals surface area (Å²) in [6.07, 6.45) is 0. The lowest BCUT2D eigenvalue weighted by molar-refractivity contribution is 0.643. The van der Waals surface area contributed by atoms with Crippen molar-refractivity contribution in [3.8, 4) is 6.07 Å². The van der Waals surface area contributed by atoms with Gasteiger partial charge >= 0.3 is 0 Å². The summed E-state index contributed by atoms with van der Waals surface area (Å²) in [6, 6.07) is 11.9. The largest absolute Gasteiger partial charge is 0.195 e. The van der Waals surface area contributed by atoms with Gasteiger partial charge in [0, 0.05) is 4.90 Å². The number of nitriles is 1. The maximum absolute atomic E-state index is 9.01. The first kappa shape index (κ1) is 11.4. The summed E-state index contributed by atoms with van der Waals surface area (Å²) in [5.74, 6) is 0.111. The first-order valence-corrected chi connectivity index (χ1v) is 5.62. The fourth-order valence-electron chi connectivity index (χ4n) is 0.930. The van der Waals surface area contributed by atoms with Crippen LogP contribution < -0.4 is 0 Å². The molecule has 0 aromatic heterocycles. The third-order valence-electron chi connectivity index (χ3n) is 1.90. The Kier molecular flexibility index (Phi) is 3.86. The average Bonchev–Trinajstić information content (AvgIpc) is 2.19. The highest BCUT2D eigenvalue weighted by Crippen LogP contribution is 2.41. The third-order valence-corrected chi connectivity index (χ3v) is 4.02. The first-order valence-electron chi connectivity index (χ1n) is 4.42. The van der Waals surface area contributed by atoms with E-state index >= 15 is 0 Å². The maximum Gasteiger partial charge on any atom is 0.182 e. The van der Waals surface area contributed by atoms with E-state index in [1.807, 2.05) is 44.2 Å². The molecule has 0 bridgehead atoms. The number of hydrogen-bond acceptors (Lipinski definition) is 2. The molecule has 0 amide bonds. The summed E-state index contributed by atoms with van der Waals surface area (Å²) in [5, 5.41) is 9.01. The molecule has 0 aliphatic carbocycles. The van der Waals surface area contributed by atoms with Crippen LogP contribution in [0, 0.1) is 17.2 Å². The van der Waals surface area contributed by atoms with Crippen molar-refractivity contribution >= 4 is 23.4 Å². The lowest BCUT2D eigenvalue weighted by Crippen LogP contribution is -2.21. The molecule has 14 heavy (non-hydrogen) atoms. The van der Waals surface area contributed by atoms with Crippen LogP contribution in [-0.2, 0) is 0 Å². The van der Waals surface area contributed by atoms with Crippen molar-refractivity contribution in [1.82, 2.24) is 0 Å². The van der Waals surface area contributed by atoms with Crippen molar-refractivity contribution in [2.45, 2.75) is 22.9 Å². The van der Waals surface area contributed by atoms with Gasteiger partial charge in [0.2, 0.25) is 0 Å². The Labute approximate surface area is 94.1 Å². The minimum atomic E-state index is -0.860. The number of halogens is 1. The molecule has 0 spiro atoms. The van der Waals surface area contributed by atoms with Crippen LogP contribution in [0.2, 0.25) is 0 Å². The molecule has 0 aliphatic rings. The van der Waals surface area contributed by atoms with Gasteiger partial charge in [0.25, 0.3) is 0 Å². The van der Waals surface area contributed by atoms with Gasteiger partial charge in [0.15, 0.2) is 4.21 Å². The summed E-state index contributed by atoms with van der Waals surface area (Å²) in [4.78, 5) is 1.03. The van der Waals surface area contributed by atoms with Gasteiger partial charge in [0.1, 0.15) is 0 Å². The first-order chi connectivity index (χ1) is 6.58. The second-order valence-corrected chi connectivity index (χ2v) is 5.47. The summed E-state index contributed by atoms with van der Waals surface area (Å²) in [7, 11) is 0. The molecule has 0 fully saturated rings. The Morgan fingerprint density at radius 3 is 2.36 bits per heavy atom. The van der Waals surface area contributed by atoms with Gasteiger partial charge < -0.3 is 0 Å². The van der Waals surface area contributed by atoms with Gasteiger partial charge in [-0.3, -0.25) is 0 Å². The highest BCUT2D eigenvalue weighted by molar-refractivity contribution is 8.02. The average molecular weight is 226 g/mol. The minimum Gasteiger partial charge on any atom is -0.195 e. The standard InChI is InChI=1S/C11H12ClNS/c1-9(2)11(12,8-13)14-10-6-4-3-5-7-10/h3-7,9H,1-2H3. The quantitative estimate of drug-likeness (QED) is 0.576. The van der Waals surface area contributed by atoms with Gasteiger partial charge in [-0.25, -0.2) is 0 Å². The Balaban J connectivity index is 2.83. The van der Waals surface area contributed by atoms with Crippen molar-refractivity contribution in [1.29, 1.82) is 5.26 Å². The van der Waals surface area contributed by atoms with Gasteiger partial charge in [-0.2, -0.15) is 5.26 Å². The fraction of sp³-hybridized carbons (Fsp3) is 0.364. The Morgan fingerprint density at radius 2 is 1.93 bits per heavy atom. The van der Waals surface area contributed by atoms with Crippen molar-refractivity contribution in [2.75, 3.05) is 0 Å². The molecular weight excluding hydrogens is 214 g/mol. The van der Waals surface area contributed by atoms with Crippen molar-refractivity contribution in [3.05, 3.63) is 30.3 Å². The molecule has 3 heteroatoms. The van der Waals surface area contributed by atoms with Crippen LogP contribution in [0.3, 0.4) is 0 Å². The van der Waals surface area contributed by atoms with E-state index in [2.05, 4.69) is 6.07 Å². The number of rotatable bonds is 3. The monoisotopic (exact) mass is 225 g/mol. The van der Waals surface area contributed by atoms with Crippen LogP contribution in [0.1, 0.15) is 13.8 Å². The highest BCUT2D eigenvalue weighted by Gasteiger charge is 2.32. The summed E-state index contributed by atoms with van der Waals surface area (Å²) in [5.41, 5.74) is 0. The van der Waals surface area contributed by atoms with Gasteiger partial charge in [-0.1, -0.05) is 55.4 Å².